The number of hydrogen-bond donors (Lipinski definition) is 1. The number of aromatic amines is 1. The normalized spacial score (nSPS) is 15.5. The highest BCUT2D eigenvalue weighted by molar-refractivity contribution is 5.86. The molecule has 0 saturated carbocycles. The van der Waals surface area contributed by atoms with Gasteiger partial charge in [-0.3, -0.25) is 4.79 Å². The van der Waals surface area contributed by atoms with E-state index in [1.807, 2.05) is 4.90 Å². The summed E-state index contributed by atoms with van der Waals surface area (Å²) < 4.78 is 0. The van der Waals surface area contributed by atoms with E-state index in [-0.39, 0.29) is 11.3 Å². The molecule has 3 heteroatoms. The molecule has 1 amide bonds. The minimum atomic E-state index is 0.146. The topological polar surface area (TPSA) is 36.1 Å². The van der Waals surface area contributed by atoms with Crippen LogP contribution in [0.5, 0.6) is 0 Å². The van der Waals surface area contributed by atoms with Crippen LogP contribution < -0.4 is 0 Å². The lowest BCUT2D eigenvalue weighted by Gasteiger charge is -2.26. The van der Waals surface area contributed by atoms with E-state index >= 15 is 0 Å². The zero-order valence-corrected chi connectivity index (χ0v) is 12.7. The molecule has 2 aromatic rings. The molecule has 0 spiro atoms. The Kier molecular flexibility index (Phi) is 2.89. The van der Waals surface area contributed by atoms with Crippen LogP contribution in [0.3, 0.4) is 0 Å². The van der Waals surface area contributed by atoms with Gasteiger partial charge in [-0.25, -0.2) is 0 Å². The average Bonchev–Trinajstić information content (AvgIpc) is 2.74. The summed E-state index contributed by atoms with van der Waals surface area (Å²) in [6.45, 7) is 9.90. The number of nitrogens with zero attached hydrogens (tertiary/aromatic N) is 1. The Bertz CT molecular complexity index is 676. The molecule has 1 aliphatic rings. The van der Waals surface area contributed by atoms with E-state index in [1.165, 1.54) is 27.7 Å². The van der Waals surface area contributed by atoms with E-state index in [0.717, 1.165) is 19.5 Å². The third kappa shape index (κ3) is 2.11. The Morgan fingerprint density at radius 2 is 2.05 bits per heavy atom. The molecule has 1 N–H and O–H groups in total. The molecular weight excluding hydrogens is 248 g/mol. The highest BCUT2D eigenvalue weighted by atomic mass is 16.2. The van der Waals surface area contributed by atoms with E-state index in [9.17, 15) is 4.79 Å². The van der Waals surface area contributed by atoms with Crippen LogP contribution in [0.1, 0.15) is 44.5 Å². The van der Waals surface area contributed by atoms with Crippen molar-refractivity contribution in [1.82, 2.24) is 9.88 Å². The van der Waals surface area contributed by atoms with Gasteiger partial charge in [0, 0.05) is 48.6 Å². The first kappa shape index (κ1) is 13.2. The molecule has 1 aliphatic heterocycles. The molecule has 1 aromatic heterocycles. The van der Waals surface area contributed by atoms with Crippen LogP contribution in [0, 0.1) is 0 Å². The van der Waals surface area contributed by atoms with Crippen molar-refractivity contribution in [2.45, 2.75) is 46.1 Å². The number of amides is 1. The highest BCUT2D eigenvalue weighted by Crippen LogP contribution is 2.31. The minimum Gasteiger partial charge on any atom is -0.358 e. The van der Waals surface area contributed by atoms with Crippen LogP contribution >= 0.6 is 0 Å². The molecule has 0 radical (unpaired) electrons. The summed E-state index contributed by atoms with van der Waals surface area (Å²) in [7, 11) is 0. The summed E-state index contributed by atoms with van der Waals surface area (Å²) in [6.07, 6.45) is 0.925. The zero-order chi connectivity index (χ0) is 14.5. The summed E-state index contributed by atoms with van der Waals surface area (Å²) >= 11 is 0. The maximum Gasteiger partial charge on any atom is 0.219 e. The van der Waals surface area contributed by atoms with Crippen LogP contribution in [0.15, 0.2) is 18.2 Å². The number of nitrogens with one attached hydrogen (secondary N) is 1. The second-order valence-corrected chi connectivity index (χ2v) is 6.78. The molecule has 1 aromatic carbocycles. The lowest BCUT2D eigenvalue weighted by molar-refractivity contribution is -0.129. The second-order valence-electron chi connectivity index (χ2n) is 6.78. The smallest absolute Gasteiger partial charge is 0.219 e. The Hall–Kier alpha value is -1.77. The predicted molar refractivity (Wildman–Crippen MR) is 81.8 cm³/mol. The largest absolute Gasteiger partial charge is 0.358 e. The molecule has 3 nitrogen and oxygen atoms in total. The Balaban J connectivity index is 2.11. The van der Waals surface area contributed by atoms with Gasteiger partial charge in [0.05, 0.1) is 0 Å². The highest BCUT2D eigenvalue weighted by Gasteiger charge is 2.23. The van der Waals surface area contributed by atoms with Crippen LogP contribution in [0.2, 0.25) is 0 Å². The van der Waals surface area contributed by atoms with Gasteiger partial charge >= 0.3 is 0 Å². The van der Waals surface area contributed by atoms with Gasteiger partial charge in [-0.05, 0) is 23.1 Å². The van der Waals surface area contributed by atoms with Gasteiger partial charge in [0.15, 0.2) is 0 Å². The molecule has 0 fully saturated rings. The molecule has 0 aliphatic carbocycles. The monoisotopic (exact) mass is 270 g/mol. The second kappa shape index (κ2) is 4.37. The van der Waals surface area contributed by atoms with Crippen molar-refractivity contribution >= 4 is 16.8 Å². The molecule has 0 unspecified atom stereocenters. The molecular formula is C17H22N2O. The van der Waals surface area contributed by atoms with Gasteiger partial charge in [-0.1, -0.05) is 26.8 Å². The molecule has 0 atom stereocenters. The average molecular weight is 270 g/mol. The first-order valence-electron chi connectivity index (χ1n) is 7.26. The van der Waals surface area contributed by atoms with Crippen molar-refractivity contribution in [2.75, 3.05) is 6.54 Å². The van der Waals surface area contributed by atoms with Crippen molar-refractivity contribution in [3.63, 3.8) is 0 Å². The number of H-pyrrole nitrogens is 1. The first-order valence-corrected chi connectivity index (χ1v) is 7.26. The predicted octanol–water partition coefficient (Wildman–Crippen LogP) is 3.37. The molecule has 2 heterocycles. The first-order chi connectivity index (χ1) is 9.36. The molecule has 3 rings (SSSR count). The van der Waals surface area contributed by atoms with E-state index in [4.69, 9.17) is 0 Å². The van der Waals surface area contributed by atoms with Crippen LogP contribution in [0.4, 0.5) is 0 Å². The van der Waals surface area contributed by atoms with E-state index in [0.29, 0.717) is 0 Å². The third-order valence-corrected chi connectivity index (χ3v) is 4.29. The lowest BCUT2D eigenvalue weighted by Crippen LogP contribution is -2.33. The van der Waals surface area contributed by atoms with Gasteiger partial charge < -0.3 is 9.88 Å². The van der Waals surface area contributed by atoms with Gasteiger partial charge in [0.2, 0.25) is 5.91 Å². The van der Waals surface area contributed by atoms with Crippen molar-refractivity contribution < 1.29 is 4.79 Å². The summed E-state index contributed by atoms with van der Waals surface area (Å²) in [5.74, 6) is 0.164. The number of carbonyl (C=O) groups excluding carboxylic acids is 1. The summed E-state index contributed by atoms with van der Waals surface area (Å²) in [6, 6.07) is 6.66. The standard InChI is InChI=1S/C17H22N2O/c1-11(20)19-8-7-16-14(10-19)13-9-12(17(2,3)4)5-6-15(13)18-16/h5-6,9,18H,7-8,10H2,1-4H3. The fourth-order valence-corrected chi connectivity index (χ4v) is 2.95. The third-order valence-electron chi connectivity index (χ3n) is 4.29. The van der Waals surface area contributed by atoms with Gasteiger partial charge in [0.25, 0.3) is 0 Å². The molecule has 106 valence electrons. The summed E-state index contributed by atoms with van der Waals surface area (Å²) in [5, 5.41) is 1.28. The number of rotatable bonds is 0. The van der Waals surface area contributed by atoms with Crippen LogP contribution in [-0.2, 0) is 23.2 Å². The van der Waals surface area contributed by atoms with Crippen molar-refractivity contribution in [1.29, 1.82) is 0 Å². The summed E-state index contributed by atoms with van der Waals surface area (Å²) in [4.78, 5) is 17.1. The number of fused-ring (bicyclic) bond motifs is 3. The van der Waals surface area contributed by atoms with Crippen LogP contribution in [0.25, 0.3) is 10.9 Å². The van der Waals surface area contributed by atoms with E-state index in [2.05, 4.69) is 44.0 Å². The number of carbonyl (C=O) groups is 1. The SMILES string of the molecule is CC(=O)N1CCc2[nH]c3ccc(C(C)(C)C)cc3c2C1. The Morgan fingerprint density at radius 1 is 1.30 bits per heavy atom. The van der Waals surface area contributed by atoms with Crippen LogP contribution in [-0.4, -0.2) is 22.3 Å². The summed E-state index contributed by atoms with van der Waals surface area (Å²) in [5.41, 5.74) is 5.27. The number of aromatic nitrogens is 1. The van der Waals surface area contributed by atoms with Crippen molar-refractivity contribution in [2.24, 2.45) is 0 Å². The molecule has 0 saturated heterocycles. The molecule has 0 bridgehead atoms. The number of hydrogen-bond acceptors (Lipinski definition) is 1. The van der Waals surface area contributed by atoms with Gasteiger partial charge in [0.1, 0.15) is 0 Å². The fourth-order valence-electron chi connectivity index (χ4n) is 2.95. The Labute approximate surface area is 120 Å². The van der Waals surface area contributed by atoms with Crippen molar-refractivity contribution in [3.05, 3.63) is 35.0 Å². The van der Waals surface area contributed by atoms with Gasteiger partial charge in [-0.2, -0.15) is 0 Å². The Morgan fingerprint density at radius 3 is 2.70 bits per heavy atom. The minimum absolute atomic E-state index is 0.146. The fraction of sp³-hybridized carbons (Fsp3) is 0.471. The zero-order valence-electron chi connectivity index (χ0n) is 12.7. The molecule has 20 heavy (non-hydrogen) atoms. The number of benzene rings is 1. The maximum atomic E-state index is 11.6. The van der Waals surface area contributed by atoms with E-state index in [1.54, 1.807) is 6.92 Å². The van der Waals surface area contributed by atoms with Crippen molar-refractivity contribution in [3.8, 4) is 0 Å². The quantitative estimate of drug-likeness (QED) is 0.783. The van der Waals surface area contributed by atoms with E-state index < -0.39 is 0 Å². The maximum absolute atomic E-state index is 11.6. The lowest BCUT2D eigenvalue weighted by atomic mass is 9.86. The van der Waals surface area contributed by atoms with Gasteiger partial charge in [-0.15, -0.1) is 0 Å².